The number of methoxy groups -OCH3 is 1. The van der Waals surface area contributed by atoms with Crippen molar-refractivity contribution in [1.29, 1.82) is 0 Å². The molecule has 0 N–H and O–H groups in total. The lowest BCUT2D eigenvalue weighted by Crippen LogP contribution is -2.06. The number of ether oxygens (including phenoxy) is 2. The van der Waals surface area contributed by atoms with E-state index in [1.54, 1.807) is 7.11 Å². The summed E-state index contributed by atoms with van der Waals surface area (Å²) in [5.74, 6) is 1.30. The topological polar surface area (TPSA) is 18.5 Å². The van der Waals surface area contributed by atoms with Crippen molar-refractivity contribution in [3.8, 4) is 5.75 Å². The number of hydrogen-bond donors (Lipinski definition) is 0. The zero-order valence-electron chi connectivity index (χ0n) is 11.8. The second-order valence-electron chi connectivity index (χ2n) is 4.70. The maximum Gasteiger partial charge on any atom is 0.133 e. The molecule has 108 valence electrons. The van der Waals surface area contributed by atoms with Gasteiger partial charge in [-0.15, -0.1) is 11.6 Å². The molecule has 2 atom stereocenters. The highest BCUT2D eigenvalue weighted by Crippen LogP contribution is 2.35. The lowest BCUT2D eigenvalue weighted by molar-refractivity contribution is 0.146. The van der Waals surface area contributed by atoms with E-state index in [4.69, 9.17) is 21.1 Å². The fraction of sp³-hybridized carbons (Fsp3) is 0.600. The summed E-state index contributed by atoms with van der Waals surface area (Å²) in [7, 11) is 1.66. The molecule has 1 aromatic rings. The lowest BCUT2D eigenvalue weighted by atomic mass is 9.96. The zero-order valence-corrected chi connectivity index (χ0v) is 14.1. The third kappa shape index (κ3) is 5.33. The standard InChI is InChI=1S/C15H22BrClO2/c1-4-5-11(2)15(17)12-6-7-14(13(16)10-12)19-9-8-18-3/h6-7,10-11,15H,4-5,8-9H2,1-3H3. The summed E-state index contributed by atoms with van der Waals surface area (Å²) < 4.78 is 11.5. The molecule has 0 aliphatic carbocycles. The Hall–Kier alpha value is -0.250. The van der Waals surface area contributed by atoms with Crippen molar-refractivity contribution in [2.45, 2.75) is 32.1 Å². The number of hydrogen-bond acceptors (Lipinski definition) is 2. The molecule has 0 heterocycles. The van der Waals surface area contributed by atoms with Gasteiger partial charge < -0.3 is 9.47 Å². The van der Waals surface area contributed by atoms with Gasteiger partial charge in [-0.2, -0.15) is 0 Å². The summed E-state index contributed by atoms with van der Waals surface area (Å²) >= 11 is 10.0. The number of alkyl halides is 1. The Bertz CT molecular complexity index is 384. The van der Waals surface area contributed by atoms with Gasteiger partial charge in [0.25, 0.3) is 0 Å². The fourth-order valence-electron chi connectivity index (χ4n) is 1.97. The molecule has 0 amide bonds. The molecular weight excluding hydrogens is 328 g/mol. The van der Waals surface area contributed by atoms with E-state index in [0.29, 0.717) is 19.1 Å². The lowest BCUT2D eigenvalue weighted by Gasteiger charge is -2.18. The second kappa shape index (κ2) is 8.83. The molecule has 4 heteroatoms. The van der Waals surface area contributed by atoms with Crippen LogP contribution in [0.15, 0.2) is 22.7 Å². The molecule has 19 heavy (non-hydrogen) atoms. The minimum atomic E-state index is 0.0456. The van der Waals surface area contributed by atoms with Crippen LogP contribution >= 0.6 is 27.5 Å². The molecule has 0 saturated carbocycles. The van der Waals surface area contributed by atoms with E-state index >= 15 is 0 Å². The van der Waals surface area contributed by atoms with Gasteiger partial charge in [-0.1, -0.05) is 26.3 Å². The molecule has 1 aromatic carbocycles. The Kier molecular flexibility index (Phi) is 7.81. The highest BCUT2D eigenvalue weighted by atomic mass is 79.9. The van der Waals surface area contributed by atoms with Crippen molar-refractivity contribution in [2.75, 3.05) is 20.3 Å². The predicted octanol–water partition coefficient (Wildman–Crippen LogP) is 5.19. The Labute approximate surface area is 129 Å². The van der Waals surface area contributed by atoms with Gasteiger partial charge in [0, 0.05) is 7.11 Å². The number of benzene rings is 1. The van der Waals surface area contributed by atoms with Crippen LogP contribution in [0.5, 0.6) is 5.75 Å². The van der Waals surface area contributed by atoms with Gasteiger partial charge in [0.2, 0.25) is 0 Å². The average molecular weight is 350 g/mol. The summed E-state index contributed by atoms with van der Waals surface area (Å²) in [5.41, 5.74) is 1.13. The molecule has 1 rings (SSSR count). The Balaban J connectivity index is 2.70. The first-order valence-electron chi connectivity index (χ1n) is 6.65. The predicted molar refractivity (Wildman–Crippen MR) is 84.2 cm³/mol. The summed E-state index contributed by atoms with van der Waals surface area (Å²) in [5, 5.41) is 0.0456. The molecule has 0 aliphatic heterocycles. The largest absolute Gasteiger partial charge is 0.490 e. The number of halogens is 2. The van der Waals surface area contributed by atoms with Crippen LogP contribution in [0.25, 0.3) is 0 Å². The third-order valence-corrected chi connectivity index (χ3v) is 4.36. The van der Waals surface area contributed by atoms with E-state index in [1.165, 1.54) is 0 Å². The smallest absolute Gasteiger partial charge is 0.133 e. The molecule has 2 nitrogen and oxygen atoms in total. The van der Waals surface area contributed by atoms with Crippen molar-refractivity contribution in [1.82, 2.24) is 0 Å². The first kappa shape index (κ1) is 16.8. The Morgan fingerprint density at radius 3 is 2.63 bits per heavy atom. The minimum absolute atomic E-state index is 0.0456. The highest BCUT2D eigenvalue weighted by molar-refractivity contribution is 9.10. The molecule has 0 fully saturated rings. The van der Waals surface area contributed by atoms with Crippen LogP contribution in [0.4, 0.5) is 0 Å². The van der Waals surface area contributed by atoms with Crippen LogP contribution in [0.3, 0.4) is 0 Å². The van der Waals surface area contributed by atoms with Gasteiger partial charge in [0.1, 0.15) is 12.4 Å². The van der Waals surface area contributed by atoms with E-state index in [2.05, 4.69) is 29.8 Å². The van der Waals surface area contributed by atoms with Crippen molar-refractivity contribution < 1.29 is 9.47 Å². The van der Waals surface area contributed by atoms with Crippen molar-refractivity contribution in [3.63, 3.8) is 0 Å². The van der Waals surface area contributed by atoms with Gasteiger partial charge in [-0.05, 0) is 46.0 Å². The van der Waals surface area contributed by atoms with Gasteiger partial charge >= 0.3 is 0 Å². The van der Waals surface area contributed by atoms with E-state index in [-0.39, 0.29) is 5.38 Å². The number of rotatable bonds is 8. The van der Waals surface area contributed by atoms with Crippen molar-refractivity contribution in [2.24, 2.45) is 5.92 Å². The minimum Gasteiger partial charge on any atom is -0.490 e. The molecular formula is C15H22BrClO2. The second-order valence-corrected chi connectivity index (χ2v) is 6.02. The summed E-state index contributed by atoms with van der Waals surface area (Å²) in [6.07, 6.45) is 2.29. The van der Waals surface area contributed by atoms with Crippen LogP contribution in [0.1, 0.15) is 37.6 Å². The average Bonchev–Trinajstić information content (AvgIpc) is 2.40. The summed E-state index contributed by atoms with van der Waals surface area (Å²) in [6.45, 7) is 5.51. The quantitative estimate of drug-likeness (QED) is 0.475. The maximum atomic E-state index is 6.50. The van der Waals surface area contributed by atoms with E-state index in [1.807, 2.05) is 18.2 Å². The monoisotopic (exact) mass is 348 g/mol. The maximum absolute atomic E-state index is 6.50. The molecule has 0 saturated heterocycles. The van der Waals surface area contributed by atoms with Gasteiger partial charge in [0.05, 0.1) is 16.5 Å². The molecule has 0 radical (unpaired) electrons. The van der Waals surface area contributed by atoms with Crippen LogP contribution < -0.4 is 4.74 Å². The first-order valence-corrected chi connectivity index (χ1v) is 7.88. The fourth-order valence-corrected chi connectivity index (χ4v) is 2.74. The summed E-state index contributed by atoms with van der Waals surface area (Å²) in [6, 6.07) is 6.05. The SMILES string of the molecule is CCCC(C)C(Cl)c1ccc(OCCOC)c(Br)c1. The Morgan fingerprint density at radius 2 is 2.05 bits per heavy atom. The van der Waals surface area contributed by atoms with Crippen LogP contribution in [0.2, 0.25) is 0 Å². The molecule has 0 spiro atoms. The zero-order chi connectivity index (χ0) is 14.3. The van der Waals surface area contributed by atoms with Crippen molar-refractivity contribution in [3.05, 3.63) is 28.2 Å². The van der Waals surface area contributed by atoms with E-state index in [0.717, 1.165) is 28.6 Å². The Morgan fingerprint density at radius 1 is 1.32 bits per heavy atom. The normalized spacial score (nSPS) is 14.2. The third-order valence-electron chi connectivity index (χ3n) is 3.06. The van der Waals surface area contributed by atoms with Crippen LogP contribution in [-0.4, -0.2) is 20.3 Å². The molecule has 2 unspecified atom stereocenters. The van der Waals surface area contributed by atoms with E-state index < -0.39 is 0 Å². The van der Waals surface area contributed by atoms with Gasteiger partial charge in [-0.25, -0.2) is 0 Å². The van der Waals surface area contributed by atoms with Gasteiger partial charge in [-0.3, -0.25) is 0 Å². The molecule has 0 aromatic heterocycles. The first-order chi connectivity index (χ1) is 9.10. The highest BCUT2D eigenvalue weighted by Gasteiger charge is 2.17. The van der Waals surface area contributed by atoms with Gasteiger partial charge in [0.15, 0.2) is 0 Å². The van der Waals surface area contributed by atoms with Crippen molar-refractivity contribution >= 4 is 27.5 Å². The molecule has 0 aliphatic rings. The summed E-state index contributed by atoms with van der Waals surface area (Å²) in [4.78, 5) is 0. The van der Waals surface area contributed by atoms with E-state index in [9.17, 15) is 0 Å². The van der Waals surface area contributed by atoms with Crippen LogP contribution in [0, 0.1) is 5.92 Å². The van der Waals surface area contributed by atoms with Crippen LogP contribution in [-0.2, 0) is 4.74 Å². The molecule has 0 bridgehead atoms.